The summed E-state index contributed by atoms with van der Waals surface area (Å²) in [6.07, 6.45) is 0. The van der Waals surface area contributed by atoms with Crippen molar-refractivity contribution in [3.05, 3.63) is 48.3 Å². The van der Waals surface area contributed by atoms with E-state index in [-0.39, 0.29) is 17.1 Å². The summed E-state index contributed by atoms with van der Waals surface area (Å²) in [6, 6.07) is 7.44. The van der Waals surface area contributed by atoms with E-state index in [4.69, 9.17) is 23.4 Å². The van der Waals surface area contributed by atoms with Crippen LogP contribution in [0.15, 0.2) is 24.3 Å². The number of benzene rings is 1. The number of halogens is 2. The topological polar surface area (TPSA) is 23.8 Å². The van der Waals surface area contributed by atoms with Crippen LogP contribution >= 0.6 is 25.2 Å². The van der Waals surface area contributed by atoms with E-state index < -0.39 is 0 Å². The monoisotopic (exact) mass is 357 g/mol. The van der Waals surface area contributed by atoms with Crippen LogP contribution in [0.2, 0.25) is 5.02 Å². The summed E-state index contributed by atoms with van der Waals surface area (Å²) in [7, 11) is 0. The van der Waals surface area contributed by atoms with Gasteiger partial charge in [0.15, 0.2) is 0 Å². The molecule has 0 spiro atoms. The molecule has 0 fully saturated rings. The van der Waals surface area contributed by atoms with E-state index >= 15 is 0 Å². The van der Waals surface area contributed by atoms with Crippen molar-refractivity contribution in [3.8, 4) is 0 Å². The van der Waals surface area contributed by atoms with Gasteiger partial charge in [-0.15, -0.1) is 12.1 Å². The van der Waals surface area contributed by atoms with Crippen LogP contribution in [-0.2, 0) is 33.4 Å². The summed E-state index contributed by atoms with van der Waals surface area (Å²) >= 11 is 9.85. The fourth-order valence-corrected chi connectivity index (χ4v) is 0.750. The van der Waals surface area contributed by atoms with E-state index in [1.807, 2.05) is 24.3 Å². The van der Waals surface area contributed by atoms with Crippen molar-refractivity contribution in [2.45, 2.75) is 0 Å². The average molecular weight is 360 g/mol. The molecule has 0 amide bonds. The Bertz CT molecular complexity index is 215. The van der Waals surface area contributed by atoms with Crippen LogP contribution in [0, 0.1) is 18.8 Å². The molecule has 1 aromatic rings. The molecule has 0 saturated carbocycles. The van der Waals surface area contributed by atoms with Gasteiger partial charge in [0.2, 0.25) is 0 Å². The van der Waals surface area contributed by atoms with Gasteiger partial charge in [0.25, 0.3) is 0 Å². The van der Waals surface area contributed by atoms with Crippen molar-refractivity contribution in [2.75, 3.05) is 0 Å². The second-order valence-corrected chi connectivity index (χ2v) is 2.07. The molecule has 0 aliphatic rings. The molecule has 1 aromatic carbocycles. The van der Waals surface area contributed by atoms with Crippen molar-refractivity contribution in [1.82, 2.24) is 0 Å². The van der Waals surface area contributed by atoms with Gasteiger partial charge in [-0.25, -0.2) is 0 Å². The van der Waals surface area contributed by atoms with Crippen molar-refractivity contribution >= 4 is 25.2 Å². The molecule has 5 heteroatoms. The van der Waals surface area contributed by atoms with Gasteiger partial charge >= 0.3 is 47.0 Å². The van der Waals surface area contributed by atoms with Crippen molar-refractivity contribution < 1.29 is 33.4 Å². The SMILES string of the molecule is [C-]#N.[CH2-]c1cccc(Cl)c1.[Cu+].[Zn+][Br]. The predicted molar refractivity (Wildman–Crippen MR) is 49.8 cm³/mol. The van der Waals surface area contributed by atoms with Gasteiger partial charge in [-0.2, -0.15) is 18.6 Å². The molecule has 0 aliphatic carbocycles. The van der Waals surface area contributed by atoms with Crippen LogP contribution in [0.25, 0.3) is 0 Å². The van der Waals surface area contributed by atoms with Crippen LogP contribution in [-0.4, -0.2) is 0 Å². The number of hydrogen-bond acceptors (Lipinski definition) is 1. The standard InChI is InChI=1S/C7H6Cl.CN.BrH.Cu.Zn/c1-6-3-2-4-7(8)5-6;1-2;;;/h2-5H,1H2;;1H;;/q2*-1;;+1;+2/p-1. The van der Waals surface area contributed by atoms with Gasteiger partial charge in [-0.05, 0) is 5.02 Å². The molecule has 1 rings (SSSR count). The fraction of sp³-hybridized carbons (Fsp3) is 0. The second-order valence-electron chi connectivity index (χ2n) is 1.63. The van der Waals surface area contributed by atoms with E-state index in [9.17, 15) is 0 Å². The fourth-order valence-electron chi connectivity index (χ4n) is 0.537. The molecule has 0 bridgehead atoms. The zero-order chi connectivity index (χ0) is 9.98. The number of rotatable bonds is 0. The molecular formula is C8H6BrClCuNZn. The molecule has 70 valence electrons. The second kappa shape index (κ2) is 15.0. The van der Waals surface area contributed by atoms with E-state index in [1.54, 1.807) is 0 Å². The Hall–Kier alpha value is 0.493. The van der Waals surface area contributed by atoms with Crippen LogP contribution in [0.5, 0.6) is 0 Å². The zero-order valence-corrected chi connectivity index (χ0v) is 13.0. The first-order valence-electron chi connectivity index (χ1n) is 2.85. The molecule has 0 radical (unpaired) electrons. The minimum absolute atomic E-state index is 0. The Balaban J connectivity index is -0.000000178. The zero-order valence-electron chi connectivity index (χ0n) is 6.73. The molecule has 1 nitrogen and oxygen atoms in total. The van der Waals surface area contributed by atoms with Gasteiger partial charge in [0, 0.05) is 0 Å². The quantitative estimate of drug-likeness (QED) is 0.513. The van der Waals surface area contributed by atoms with Crippen molar-refractivity contribution in [2.24, 2.45) is 0 Å². The molecule has 13 heavy (non-hydrogen) atoms. The van der Waals surface area contributed by atoms with Gasteiger partial charge in [0.05, 0.1) is 0 Å². The van der Waals surface area contributed by atoms with Gasteiger partial charge in [-0.3, -0.25) is 0 Å². The third-order valence-corrected chi connectivity index (χ3v) is 1.12. The molecule has 0 unspecified atom stereocenters. The molecule has 0 aliphatic heterocycles. The predicted octanol–water partition coefficient (Wildman–Crippen LogP) is 3.46. The molecule has 0 aromatic heterocycles. The first-order valence-corrected chi connectivity index (χ1v) is 10.2. The Morgan fingerprint density at radius 3 is 2.08 bits per heavy atom. The molecule has 0 atom stereocenters. The molecular weight excluding hydrogens is 354 g/mol. The molecule has 0 N–H and O–H groups in total. The third-order valence-electron chi connectivity index (χ3n) is 0.889. The van der Waals surface area contributed by atoms with Crippen LogP contribution < -0.4 is 0 Å². The minimum atomic E-state index is 0. The summed E-state index contributed by atoms with van der Waals surface area (Å²) in [5.74, 6) is 0. The third kappa shape index (κ3) is 12.5. The summed E-state index contributed by atoms with van der Waals surface area (Å²) in [5, 5.41) is 7.00. The summed E-state index contributed by atoms with van der Waals surface area (Å²) < 4.78 is 0. The van der Waals surface area contributed by atoms with E-state index in [0.29, 0.717) is 0 Å². The Kier molecular flexibility index (Phi) is 22.1. The Morgan fingerprint density at radius 1 is 1.38 bits per heavy atom. The van der Waals surface area contributed by atoms with E-state index in [1.165, 1.54) is 16.3 Å². The number of hydrogen-bond donors (Lipinski definition) is 0. The van der Waals surface area contributed by atoms with E-state index in [2.05, 4.69) is 20.5 Å². The van der Waals surface area contributed by atoms with Crippen LogP contribution in [0.1, 0.15) is 5.56 Å². The Morgan fingerprint density at radius 2 is 1.85 bits per heavy atom. The normalized spacial score (nSPS) is 6.31. The van der Waals surface area contributed by atoms with Crippen LogP contribution in [0.4, 0.5) is 0 Å². The summed E-state index contributed by atoms with van der Waals surface area (Å²) in [4.78, 5) is 0. The van der Waals surface area contributed by atoms with Gasteiger partial charge < -0.3 is 11.8 Å². The van der Waals surface area contributed by atoms with Crippen LogP contribution in [0.3, 0.4) is 0 Å². The van der Waals surface area contributed by atoms with Gasteiger partial charge in [-0.1, -0.05) is 17.7 Å². The first kappa shape index (κ1) is 19.1. The molecule has 0 saturated heterocycles. The first-order chi connectivity index (χ1) is 5.79. The van der Waals surface area contributed by atoms with Crippen molar-refractivity contribution in [3.63, 3.8) is 0 Å². The maximum atomic E-state index is 6.25. The molecule has 0 heterocycles. The summed E-state index contributed by atoms with van der Waals surface area (Å²) in [5.41, 5.74) is 0.956. The Labute approximate surface area is 111 Å². The number of nitrogens with zero attached hydrogens (tertiary/aromatic N) is 1. The van der Waals surface area contributed by atoms with Crippen molar-refractivity contribution in [1.29, 1.82) is 5.26 Å². The average Bonchev–Trinajstić information content (AvgIpc) is 2.11. The van der Waals surface area contributed by atoms with E-state index in [0.717, 1.165) is 10.6 Å². The maximum absolute atomic E-state index is 6.25. The van der Waals surface area contributed by atoms with Gasteiger partial charge in [0.1, 0.15) is 0 Å². The summed E-state index contributed by atoms with van der Waals surface area (Å²) in [6.45, 7) is 8.45.